The molecule has 1 nitrogen and oxygen atoms in total. The molecule has 1 atom stereocenters. The first-order chi connectivity index (χ1) is 9.20. The highest BCUT2D eigenvalue weighted by atomic mass is 35.5. The summed E-state index contributed by atoms with van der Waals surface area (Å²) in [6, 6.07) is 5.29. The average molecular weight is 286 g/mol. The molecule has 0 saturated heterocycles. The molecule has 0 aliphatic carbocycles. The lowest BCUT2D eigenvalue weighted by molar-refractivity contribution is 0.476. The van der Waals surface area contributed by atoms with Gasteiger partial charge >= 0.3 is 0 Å². The molecule has 19 heavy (non-hydrogen) atoms. The number of hydrogen-bond donors (Lipinski definition) is 1. The molecular weight excluding hydrogens is 261 g/mol. The van der Waals surface area contributed by atoms with Gasteiger partial charge in [0.1, 0.15) is 5.82 Å². The molecule has 0 aromatic heterocycles. The van der Waals surface area contributed by atoms with Gasteiger partial charge in [-0.3, -0.25) is 0 Å². The van der Waals surface area contributed by atoms with E-state index in [-0.39, 0.29) is 16.9 Å². The first-order valence-corrected chi connectivity index (χ1v) is 7.69. The first kappa shape index (κ1) is 16.5. The summed E-state index contributed by atoms with van der Waals surface area (Å²) < 4.78 is 13.9. The Kier molecular flexibility index (Phi) is 8.08. The summed E-state index contributed by atoms with van der Waals surface area (Å²) in [5.41, 5.74) is 0.684. The van der Waals surface area contributed by atoms with E-state index in [0.29, 0.717) is 5.56 Å². The van der Waals surface area contributed by atoms with Crippen molar-refractivity contribution in [2.75, 3.05) is 7.05 Å². The van der Waals surface area contributed by atoms with Crippen LogP contribution in [0.1, 0.15) is 63.5 Å². The minimum absolute atomic E-state index is 0.0601. The minimum atomic E-state index is -0.283. The van der Waals surface area contributed by atoms with E-state index in [9.17, 15) is 4.39 Å². The third-order valence-corrected chi connectivity index (χ3v) is 3.84. The second-order valence-electron chi connectivity index (χ2n) is 5.04. The van der Waals surface area contributed by atoms with Crippen LogP contribution in [-0.4, -0.2) is 7.05 Å². The van der Waals surface area contributed by atoms with Gasteiger partial charge in [-0.25, -0.2) is 4.39 Å². The molecule has 0 saturated carbocycles. The molecule has 0 bridgehead atoms. The Labute approximate surface area is 121 Å². The van der Waals surface area contributed by atoms with Crippen LogP contribution in [0.5, 0.6) is 0 Å². The number of rotatable bonds is 9. The Balaban J connectivity index is 2.43. The summed E-state index contributed by atoms with van der Waals surface area (Å²) in [4.78, 5) is 0. The van der Waals surface area contributed by atoms with Gasteiger partial charge in [0.15, 0.2) is 0 Å². The van der Waals surface area contributed by atoms with E-state index in [4.69, 9.17) is 11.6 Å². The zero-order valence-corrected chi connectivity index (χ0v) is 12.8. The molecule has 1 rings (SSSR count). The Bertz CT molecular complexity index is 368. The second-order valence-corrected chi connectivity index (χ2v) is 5.45. The van der Waals surface area contributed by atoms with Crippen molar-refractivity contribution >= 4 is 11.6 Å². The molecular formula is C16H25ClFN. The van der Waals surface area contributed by atoms with Crippen molar-refractivity contribution in [3.8, 4) is 0 Å². The monoisotopic (exact) mass is 285 g/mol. The molecule has 0 aliphatic rings. The van der Waals surface area contributed by atoms with Crippen molar-refractivity contribution in [1.29, 1.82) is 0 Å². The van der Waals surface area contributed by atoms with E-state index in [2.05, 4.69) is 12.2 Å². The Morgan fingerprint density at radius 3 is 2.53 bits per heavy atom. The van der Waals surface area contributed by atoms with Crippen LogP contribution >= 0.6 is 11.6 Å². The molecule has 1 aromatic rings. The molecule has 1 N–H and O–H groups in total. The van der Waals surface area contributed by atoms with Crippen molar-refractivity contribution in [2.24, 2.45) is 0 Å². The van der Waals surface area contributed by atoms with E-state index >= 15 is 0 Å². The van der Waals surface area contributed by atoms with Gasteiger partial charge in [0, 0.05) is 11.6 Å². The van der Waals surface area contributed by atoms with Gasteiger partial charge in [-0.15, -0.1) is 0 Å². The minimum Gasteiger partial charge on any atom is -0.313 e. The number of nitrogens with one attached hydrogen (secondary N) is 1. The van der Waals surface area contributed by atoms with Crippen LogP contribution in [0, 0.1) is 5.82 Å². The van der Waals surface area contributed by atoms with Crippen molar-refractivity contribution in [2.45, 2.75) is 57.9 Å². The molecule has 1 unspecified atom stereocenters. The topological polar surface area (TPSA) is 12.0 Å². The molecule has 0 spiro atoms. The SMILES string of the molecule is CCCCCCCCC(NC)c1cccc(Cl)c1F. The highest BCUT2D eigenvalue weighted by Gasteiger charge is 2.15. The van der Waals surface area contributed by atoms with Gasteiger partial charge in [-0.05, 0) is 19.5 Å². The maximum atomic E-state index is 13.9. The summed E-state index contributed by atoms with van der Waals surface area (Å²) in [6.07, 6.45) is 8.49. The van der Waals surface area contributed by atoms with Crippen molar-refractivity contribution in [3.63, 3.8) is 0 Å². The fourth-order valence-electron chi connectivity index (χ4n) is 2.37. The van der Waals surface area contributed by atoms with Crippen molar-refractivity contribution in [1.82, 2.24) is 5.32 Å². The molecule has 108 valence electrons. The predicted octanol–water partition coefficient (Wildman–Crippen LogP) is 5.49. The van der Waals surface area contributed by atoms with Crippen LogP contribution in [0.15, 0.2) is 18.2 Å². The van der Waals surface area contributed by atoms with E-state index < -0.39 is 0 Å². The Morgan fingerprint density at radius 1 is 1.16 bits per heavy atom. The van der Waals surface area contributed by atoms with Gasteiger partial charge in [-0.2, -0.15) is 0 Å². The normalized spacial score (nSPS) is 12.6. The maximum Gasteiger partial charge on any atom is 0.146 e. The lowest BCUT2D eigenvalue weighted by Gasteiger charge is -2.17. The molecule has 3 heteroatoms. The molecule has 0 fully saturated rings. The van der Waals surface area contributed by atoms with Crippen LogP contribution < -0.4 is 5.32 Å². The maximum absolute atomic E-state index is 13.9. The summed E-state index contributed by atoms with van der Waals surface area (Å²) in [5.74, 6) is -0.283. The van der Waals surface area contributed by atoms with Gasteiger partial charge in [-0.1, -0.05) is 69.2 Å². The highest BCUT2D eigenvalue weighted by Crippen LogP contribution is 2.26. The van der Waals surface area contributed by atoms with E-state index in [1.807, 2.05) is 19.2 Å². The van der Waals surface area contributed by atoms with E-state index in [1.165, 1.54) is 32.1 Å². The van der Waals surface area contributed by atoms with Crippen LogP contribution in [-0.2, 0) is 0 Å². The molecule has 0 radical (unpaired) electrons. The quantitative estimate of drug-likeness (QED) is 0.592. The molecule has 0 heterocycles. The molecule has 0 amide bonds. The number of halogens is 2. The smallest absolute Gasteiger partial charge is 0.146 e. The zero-order valence-electron chi connectivity index (χ0n) is 12.0. The summed E-state index contributed by atoms with van der Waals surface area (Å²) >= 11 is 5.83. The van der Waals surface area contributed by atoms with Gasteiger partial charge < -0.3 is 5.32 Å². The van der Waals surface area contributed by atoms with E-state index in [1.54, 1.807) is 6.07 Å². The predicted molar refractivity (Wildman–Crippen MR) is 81.2 cm³/mol. The average Bonchev–Trinajstić information content (AvgIpc) is 2.42. The van der Waals surface area contributed by atoms with Crippen LogP contribution in [0.25, 0.3) is 0 Å². The third-order valence-electron chi connectivity index (χ3n) is 3.55. The van der Waals surface area contributed by atoms with Crippen molar-refractivity contribution < 1.29 is 4.39 Å². The highest BCUT2D eigenvalue weighted by molar-refractivity contribution is 6.30. The van der Waals surface area contributed by atoms with E-state index in [0.717, 1.165) is 12.8 Å². The lowest BCUT2D eigenvalue weighted by Crippen LogP contribution is -2.17. The standard InChI is InChI=1S/C16H25ClFN/c1-3-4-5-6-7-8-12-15(19-2)13-10-9-11-14(17)16(13)18/h9-11,15,19H,3-8,12H2,1-2H3. The number of hydrogen-bond acceptors (Lipinski definition) is 1. The summed E-state index contributed by atoms with van der Waals surface area (Å²) in [5, 5.41) is 3.40. The zero-order chi connectivity index (χ0) is 14.1. The molecule has 1 aromatic carbocycles. The molecule has 0 aliphatic heterocycles. The summed E-state index contributed by atoms with van der Waals surface area (Å²) in [7, 11) is 1.88. The van der Waals surface area contributed by atoms with Gasteiger partial charge in [0.05, 0.1) is 5.02 Å². The van der Waals surface area contributed by atoms with Crippen LogP contribution in [0.3, 0.4) is 0 Å². The Hall–Kier alpha value is -0.600. The second kappa shape index (κ2) is 9.33. The van der Waals surface area contributed by atoms with Crippen LogP contribution in [0.2, 0.25) is 5.02 Å². The summed E-state index contributed by atoms with van der Waals surface area (Å²) in [6.45, 7) is 2.22. The Morgan fingerprint density at radius 2 is 1.84 bits per heavy atom. The lowest BCUT2D eigenvalue weighted by atomic mass is 9.99. The number of benzene rings is 1. The third kappa shape index (κ3) is 5.50. The number of unbranched alkanes of at least 4 members (excludes halogenated alkanes) is 5. The largest absolute Gasteiger partial charge is 0.313 e. The van der Waals surface area contributed by atoms with Crippen LogP contribution in [0.4, 0.5) is 4.39 Å². The fourth-order valence-corrected chi connectivity index (χ4v) is 2.56. The van der Waals surface area contributed by atoms with Gasteiger partial charge in [0.2, 0.25) is 0 Å². The first-order valence-electron chi connectivity index (χ1n) is 7.31. The van der Waals surface area contributed by atoms with Gasteiger partial charge in [0.25, 0.3) is 0 Å². The van der Waals surface area contributed by atoms with Crippen molar-refractivity contribution in [3.05, 3.63) is 34.6 Å². The fraction of sp³-hybridized carbons (Fsp3) is 0.625.